The van der Waals surface area contributed by atoms with Gasteiger partial charge in [0.25, 0.3) is 5.91 Å². The van der Waals surface area contributed by atoms with Crippen LogP contribution < -0.4 is 0 Å². The van der Waals surface area contributed by atoms with Gasteiger partial charge < -0.3 is 14.2 Å². The number of amides is 1. The molecule has 0 saturated carbocycles. The summed E-state index contributed by atoms with van der Waals surface area (Å²) >= 11 is 0. The lowest BCUT2D eigenvalue weighted by Gasteiger charge is -2.32. The highest BCUT2D eigenvalue weighted by molar-refractivity contribution is 5.94. The summed E-state index contributed by atoms with van der Waals surface area (Å²) in [4.78, 5) is 16.3. The fourth-order valence-electron chi connectivity index (χ4n) is 1.96. The number of rotatable bonds is 2. The predicted molar refractivity (Wildman–Crippen MR) is 66.2 cm³/mol. The molecule has 0 N–H and O–H groups in total. The average molecular weight is 236 g/mol. The lowest BCUT2D eigenvalue weighted by atomic mass is 10.1. The van der Waals surface area contributed by atoms with Gasteiger partial charge >= 0.3 is 0 Å². The molecule has 1 fully saturated rings. The molecule has 0 radical (unpaired) electrons. The molecule has 0 spiro atoms. The van der Waals surface area contributed by atoms with Crippen LogP contribution in [0.2, 0.25) is 0 Å². The van der Waals surface area contributed by atoms with Crippen molar-refractivity contribution in [3.8, 4) is 0 Å². The second-order valence-electron chi connectivity index (χ2n) is 4.99. The molecule has 0 aliphatic carbocycles. The lowest BCUT2D eigenvalue weighted by molar-refractivity contribution is 0.0663. The third kappa shape index (κ3) is 2.69. The SMILES string of the molecule is CC(C)c1cc(C(=O)N2CCN(C)CC2)co1. The first-order valence-electron chi connectivity index (χ1n) is 6.14. The van der Waals surface area contributed by atoms with E-state index in [1.807, 2.05) is 11.0 Å². The molecule has 1 aliphatic heterocycles. The number of hydrogen-bond donors (Lipinski definition) is 0. The van der Waals surface area contributed by atoms with Crippen molar-refractivity contribution in [2.45, 2.75) is 19.8 Å². The lowest BCUT2D eigenvalue weighted by Crippen LogP contribution is -2.47. The average Bonchev–Trinajstić information content (AvgIpc) is 2.78. The minimum Gasteiger partial charge on any atom is -0.468 e. The van der Waals surface area contributed by atoms with Crippen LogP contribution in [0.15, 0.2) is 16.7 Å². The Morgan fingerprint density at radius 2 is 1.94 bits per heavy atom. The molecule has 2 rings (SSSR count). The van der Waals surface area contributed by atoms with Crippen molar-refractivity contribution in [1.82, 2.24) is 9.80 Å². The van der Waals surface area contributed by atoms with Crippen LogP contribution in [0.5, 0.6) is 0 Å². The molecule has 4 heteroatoms. The number of carbonyl (C=O) groups excluding carboxylic acids is 1. The second kappa shape index (κ2) is 4.92. The van der Waals surface area contributed by atoms with E-state index in [1.165, 1.54) is 0 Å². The van der Waals surface area contributed by atoms with Crippen molar-refractivity contribution in [2.24, 2.45) is 0 Å². The molecule has 1 aliphatic rings. The summed E-state index contributed by atoms with van der Waals surface area (Å²) in [6, 6.07) is 1.87. The van der Waals surface area contributed by atoms with E-state index in [1.54, 1.807) is 6.26 Å². The Labute approximate surface area is 102 Å². The van der Waals surface area contributed by atoms with Gasteiger partial charge in [-0.05, 0) is 13.1 Å². The molecule has 0 bridgehead atoms. The maximum atomic E-state index is 12.2. The van der Waals surface area contributed by atoms with Gasteiger partial charge in [-0.1, -0.05) is 13.8 Å². The molecule has 0 aromatic carbocycles. The largest absolute Gasteiger partial charge is 0.468 e. The Kier molecular flexibility index (Phi) is 3.52. The maximum Gasteiger partial charge on any atom is 0.257 e. The molecule has 4 nitrogen and oxygen atoms in total. The number of piperazine rings is 1. The Bertz CT molecular complexity index is 390. The van der Waals surface area contributed by atoms with Gasteiger partial charge in [0.1, 0.15) is 12.0 Å². The van der Waals surface area contributed by atoms with E-state index in [9.17, 15) is 4.79 Å². The fourth-order valence-corrected chi connectivity index (χ4v) is 1.96. The van der Waals surface area contributed by atoms with Gasteiger partial charge in [0.15, 0.2) is 0 Å². The number of carbonyl (C=O) groups is 1. The first kappa shape index (κ1) is 12.2. The second-order valence-corrected chi connectivity index (χ2v) is 4.99. The van der Waals surface area contributed by atoms with Crippen molar-refractivity contribution >= 4 is 5.91 Å². The van der Waals surface area contributed by atoms with Gasteiger partial charge in [-0.25, -0.2) is 0 Å². The van der Waals surface area contributed by atoms with Crippen LogP contribution in [0.1, 0.15) is 35.9 Å². The quantitative estimate of drug-likeness (QED) is 0.785. The summed E-state index contributed by atoms with van der Waals surface area (Å²) in [5.41, 5.74) is 0.679. The Morgan fingerprint density at radius 1 is 1.29 bits per heavy atom. The maximum absolute atomic E-state index is 12.2. The summed E-state index contributed by atoms with van der Waals surface area (Å²) in [6.07, 6.45) is 1.58. The van der Waals surface area contributed by atoms with Crippen molar-refractivity contribution in [3.63, 3.8) is 0 Å². The first-order valence-corrected chi connectivity index (χ1v) is 6.14. The zero-order chi connectivity index (χ0) is 12.4. The van der Waals surface area contributed by atoms with Crippen LogP contribution >= 0.6 is 0 Å². The van der Waals surface area contributed by atoms with Gasteiger partial charge in [0.2, 0.25) is 0 Å². The molecule has 1 aromatic heterocycles. The standard InChI is InChI=1S/C13H20N2O2/c1-10(2)12-8-11(9-17-12)13(16)15-6-4-14(3)5-7-15/h8-10H,4-7H2,1-3H3. The number of furan rings is 1. The van der Waals surface area contributed by atoms with Crippen molar-refractivity contribution in [2.75, 3.05) is 33.2 Å². The predicted octanol–water partition coefficient (Wildman–Crippen LogP) is 1.79. The first-order chi connectivity index (χ1) is 8.08. The topological polar surface area (TPSA) is 36.7 Å². The summed E-state index contributed by atoms with van der Waals surface area (Å²) in [7, 11) is 2.08. The highest BCUT2D eigenvalue weighted by atomic mass is 16.3. The van der Waals surface area contributed by atoms with Crippen LogP contribution in [0.3, 0.4) is 0 Å². The van der Waals surface area contributed by atoms with E-state index in [-0.39, 0.29) is 5.91 Å². The normalized spacial score (nSPS) is 17.8. The molecule has 1 saturated heterocycles. The van der Waals surface area contributed by atoms with Crippen LogP contribution in [0, 0.1) is 0 Å². The van der Waals surface area contributed by atoms with Gasteiger partial charge in [-0.3, -0.25) is 4.79 Å². The number of hydrogen-bond acceptors (Lipinski definition) is 3. The van der Waals surface area contributed by atoms with Crippen LogP contribution in [-0.2, 0) is 0 Å². The van der Waals surface area contributed by atoms with E-state index >= 15 is 0 Å². The Hall–Kier alpha value is -1.29. The third-order valence-electron chi connectivity index (χ3n) is 3.23. The molecule has 1 amide bonds. The van der Waals surface area contributed by atoms with Crippen molar-refractivity contribution in [3.05, 3.63) is 23.7 Å². The van der Waals surface area contributed by atoms with Crippen LogP contribution in [0.4, 0.5) is 0 Å². The zero-order valence-corrected chi connectivity index (χ0v) is 10.8. The monoisotopic (exact) mass is 236 g/mol. The summed E-state index contributed by atoms with van der Waals surface area (Å²) in [6.45, 7) is 7.61. The molecule has 0 unspecified atom stereocenters. The molecule has 94 valence electrons. The van der Waals surface area contributed by atoms with Crippen LogP contribution in [0.25, 0.3) is 0 Å². The Balaban J connectivity index is 2.03. The highest BCUT2D eigenvalue weighted by Gasteiger charge is 2.22. The van der Waals surface area contributed by atoms with Gasteiger partial charge in [0.05, 0.1) is 5.56 Å². The van der Waals surface area contributed by atoms with E-state index in [0.29, 0.717) is 11.5 Å². The minimum absolute atomic E-state index is 0.0914. The van der Waals surface area contributed by atoms with E-state index in [0.717, 1.165) is 31.9 Å². The van der Waals surface area contributed by atoms with E-state index in [4.69, 9.17) is 4.42 Å². The zero-order valence-electron chi connectivity index (χ0n) is 10.8. The van der Waals surface area contributed by atoms with E-state index < -0.39 is 0 Å². The van der Waals surface area contributed by atoms with Gasteiger partial charge in [-0.2, -0.15) is 0 Å². The third-order valence-corrected chi connectivity index (χ3v) is 3.23. The van der Waals surface area contributed by atoms with E-state index in [2.05, 4.69) is 25.8 Å². The smallest absolute Gasteiger partial charge is 0.257 e. The summed E-state index contributed by atoms with van der Waals surface area (Å²) < 4.78 is 5.40. The number of likely N-dealkylation sites (N-methyl/N-ethyl adjacent to an activating group) is 1. The molecular formula is C13H20N2O2. The van der Waals surface area contributed by atoms with Crippen molar-refractivity contribution in [1.29, 1.82) is 0 Å². The number of nitrogens with zero attached hydrogens (tertiary/aromatic N) is 2. The van der Waals surface area contributed by atoms with Crippen LogP contribution in [-0.4, -0.2) is 48.9 Å². The molecule has 17 heavy (non-hydrogen) atoms. The molecule has 2 heterocycles. The van der Waals surface area contributed by atoms with Gasteiger partial charge in [-0.15, -0.1) is 0 Å². The minimum atomic E-state index is 0.0914. The molecular weight excluding hydrogens is 216 g/mol. The van der Waals surface area contributed by atoms with Crippen molar-refractivity contribution < 1.29 is 9.21 Å². The molecule has 1 aromatic rings. The summed E-state index contributed by atoms with van der Waals surface area (Å²) in [5.74, 6) is 1.29. The van der Waals surface area contributed by atoms with Gasteiger partial charge in [0, 0.05) is 32.1 Å². The highest BCUT2D eigenvalue weighted by Crippen LogP contribution is 2.19. The fraction of sp³-hybridized carbons (Fsp3) is 0.615. The Morgan fingerprint density at radius 3 is 2.47 bits per heavy atom. The summed E-state index contributed by atoms with van der Waals surface area (Å²) in [5, 5.41) is 0. The molecule has 0 atom stereocenters.